The smallest absolute Gasteiger partial charge is 0.230 e. The molecule has 166 valence electrons. The summed E-state index contributed by atoms with van der Waals surface area (Å²) in [5.74, 6) is 2.28. The number of fused-ring (bicyclic) bond motifs is 1. The van der Waals surface area contributed by atoms with Gasteiger partial charge in [0.25, 0.3) is 0 Å². The average Bonchev–Trinajstić information content (AvgIpc) is 3.60. The average molecular weight is 494 g/mol. The second kappa shape index (κ2) is 10.2. The van der Waals surface area contributed by atoms with Crippen LogP contribution in [0.2, 0.25) is 0 Å². The molecule has 3 aromatic heterocycles. The van der Waals surface area contributed by atoms with Crippen LogP contribution in [0.5, 0.6) is 0 Å². The second-order valence-electron chi connectivity index (χ2n) is 6.95. The zero-order valence-corrected chi connectivity index (χ0v) is 19.8. The number of amides is 1. The summed E-state index contributed by atoms with van der Waals surface area (Å²) in [6, 6.07) is 21.7. The minimum Gasteiger partial charge on any atom is -0.467 e. The lowest BCUT2D eigenvalue weighted by Crippen LogP contribution is -2.24. The SMILES string of the molecule is O=C(CSc1nnc(CSc2nc3ccccc3s2)n1-c1ccccc1)NCc1ccco1. The number of aromatic nitrogens is 4. The lowest BCUT2D eigenvalue weighted by Gasteiger charge is -2.09. The third-order valence-electron chi connectivity index (χ3n) is 4.69. The van der Waals surface area contributed by atoms with E-state index in [2.05, 4.69) is 21.6 Å². The van der Waals surface area contributed by atoms with Gasteiger partial charge in [0.05, 0.1) is 34.5 Å². The number of carbonyl (C=O) groups excluding carboxylic acids is 1. The summed E-state index contributed by atoms with van der Waals surface area (Å²) in [5.41, 5.74) is 1.97. The molecule has 0 fully saturated rings. The maximum atomic E-state index is 12.3. The lowest BCUT2D eigenvalue weighted by molar-refractivity contribution is -0.118. The van der Waals surface area contributed by atoms with Crippen molar-refractivity contribution in [1.29, 1.82) is 0 Å². The Morgan fingerprint density at radius 2 is 1.85 bits per heavy atom. The van der Waals surface area contributed by atoms with Crippen molar-refractivity contribution in [2.24, 2.45) is 0 Å². The highest BCUT2D eigenvalue weighted by Gasteiger charge is 2.17. The van der Waals surface area contributed by atoms with Gasteiger partial charge in [-0.25, -0.2) is 4.98 Å². The van der Waals surface area contributed by atoms with Gasteiger partial charge in [-0.15, -0.1) is 21.5 Å². The first-order valence-electron chi connectivity index (χ1n) is 10.2. The van der Waals surface area contributed by atoms with Crippen LogP contribution in [0, 0.1) is 0 Å². The fourth-order valence-electron chi connectivity index (χ4n) is 3.14. The van der Waals surface area contributed by atoms with Crippen molar-refractivity contribution >= 4 is 51.0 Å². The van der Waals surface area contributed by atoms with Gasteiger partial charge in [-0.1, -0.05) is 53.9 Å². The first kappa shape index (κ1) is 21.7. The highest BCUT2D eigenvalue weighted by atomic mass is 32.2. The van der Waals surface area contributed by atoms with Crippen LogP contribution in [0.15, 0.2) is 86.9 Å². The molecule has 0 atom stereocenters. The molecule has 2 aromatic carbocycles. The number of rotatable bonds is 9. The van der Waals surface area contributed by atoms with Crippen LogP contribution in [-0.4, -0.2) is 31.4 Å². The molecule has 0 saturated heterocycles. The van der Waals surface area contributed by atoms with Gasteiger partial charge in [-0.05, 0) is 36.4 Å². The van der Waals surface area contributed by atoms with Crippen molar-refractivity contribution in [3.05, 3.63) is 84.6 Å². The lowest BCUT2D eigenvalue weighted by atomic mass is 10.3. The third kappa shape index (κ3) is 5.29. The molecule has 0 radical (unpaired) electrons. The van der Waals surface area contributed by atoms with Crippen LogP contribution >= 0.6 is 34.9 Å². The van der Waals surface area contributed by atoms with E-state index >= 15 is 0 Å². The molecule has 1 N–H and O–H groups in total. The molecule has 0 saturated carbocycles. The molecule has 10 heteroatoms. The van der Waals surface area contributed by atoms with Crippen LogP contribution in [0.4, 0.5) is 0 Å². The van der Waals surface area contributed by atoms with Gasteiger partial charge in [0.15, 0.2) is 9.50 Å². The summed E-state index contributed by atoms with van der Waals surface area (Å²) in [6.45, 7) is 0.363. The number of carbonyl (C=O) groups is 1. The van der Waals surface area contributed by atoms with Gasteiger partial charge in [0, 0.05) is 5.69 Å². The van der Waals surface area contributed by atoms with Crippen molar-refractivity contribution in [2.75, 3.05) is 5.75 Å². The van der Waals surface area contributed by atoms with E-state index in [1.165, 1.54) is 16.5 Å². The van der Waals surface area contributed by atoms with Crippen LogP contribution in [0.3, 0.4) is 0 Å². The van der Waals surface area contributed by atoms with Crippen LogP contribution in [0.25, 0.3) is 15.9 Å². The van der Waals surface area contributed by atoms with E-state index in [4.69, 9.17) is 9.40 Å². The van der Waals surface area contributed by atoms with E-state index in [9.17, 15) is 4.79 Å². The Balaban J connectivity index is 1.30. The normalized spacial score (nSPS) is 11.2. The Hall–Kier alpha value is -3.08. The highest BCUT2D eigenvalue weighted by molar-refractivity contribution is 8.00. The number of nitrogens with zero attached hydrogens (tertiary/aromatic N) is 4. The molecular weight excluding hydrogens is 474 g/mol. The van der Waals surface area contributed by atoms with E-state index < -0.39 is 0 Å². The summed E-state index contributed by atoms with van der Waals surface area (Å²) >= 11 is 4.67. The van der Waals surface area contributed by atoms with Gasteiger partial charge in [-0.2, -0.15) is 0 Å². The van der Waals surface area contributed by atoms with E-state index in [-0.39, 0.29) is 11.7 Å². The maximum absolute atomic E-state index is 12.3. The molecule has 0 aliphatic carbocycles. The van der Waals surface area contributed by atoms with Gasteiger partial charge >= 0.3 is 0 Å². The quantitative estimate of drug-likeness (QED) is 0.284. The monoisotopic (exact) mass is 493 g/mol. The topological polar surface area (TPSA) is 85.8 Å². The van der Waals surface area contributed by atoms with Crippen LogP contribution in [-0.2, 0) is 17.1 Å². The van der Waals surface area contributed by atoms with E-state index in [0.717, 1.165) is 27.1 Å². The van der Waals surface area contributed by atoms with Crippen molar-refractivity contribution in [3.63, 3.8) is 0 Å². The van der Waals surface area contributed by atoms with Gasteiger partial charge < -0.3 is 9.73 Å². The largest absolute Gasteiger partial charge is 0.467 e. The second-order valence-corrected chi connectivity index (χ2v) is 10.1. The zero-order chi connectivity index (χ0) is 22.5. The van der Waals surface area contributed by atoms with Crippen molar-refractivity contribution < 1.29 is 9.21 Å². The Labute approximate surface area is 202 Å². The number of thioether (sulfide) groups is 2. The van der Waals surface area contributed by atoms with E-state index in [1.807, 2.05) is 59.2 Å². The zero-order valence-electron chi connectivity index (χ0n) is 17.4. The molecule has 5 rings (SSSR count). The Bertz CT molecular complexity index is 1320. The summed E-state index contributed by atoms with van der Waals surface area (Å²) in [4.78, 5) is 17.0. The molecule has 0 aliphatic heterocycles. The standard InChI is InChI=1S/C23H19N5O2S3/c29-21(24-13-17-9-6-12-30-17)15-31-22-27-26-20(28(22)16-7-2-1-3-8-16)14-32-23-25-18-10-4-5-11-19(18)33-23/h1-12H,13-15H2,(H,24,29). The molecule has 0 spiro atoms. The van der Waals surface area contributed by atoms with Crippen molar-refractivity contribution in [3.8, 4) is 5.69 Å². The van der Waals surface area contributed by atoms with E-state index in [1.54, 1.807) is 35.4 Å². The fourth-order valence-corrected chi connectivity index (χ4v) is 5.92. The van der Waals surface area contributed by atoms with Gasteiger partial charge in [0.2, 0.25) is 5.91 Å². The highest BCUT2D eigenvalue weighted by Crippen LogP contribution is 2.32. The first-order valence-corrected chi connectivity index (χ1v) is 12.9. The van der Waals surface area contributed by atoms with E-state index in [0.29, 0.717) is 17.5 Å². The Kier molecular flexibility index (Phi) is 6.75. The van der Waals surface area contributed by atoms with Gasteiger partial charge in [0.1, 0.15) is 11.6 Å². The molecule has 33 heavy (non-hydrogen) atoms. The number of para-hydroxylation sites is 2. The summed E-state index contributed by atoms with van der Waals surface area (Å²) in [7, 11) is 0. The van der Waals surface area contributed by atoms with Crippen molar-refractivity contribution in [2.45, 2.75) is 21.8 Å². The number of benzene rings is 2. The predicted octanol–water partition coefficient (Wildman–Crippen LogP) is 5.17. The molecule has 0 unspecified atom stereocenters. The predicted molar refractivity (Wildman–Crippen MR) is 132 cm³/mol. The van der Waals surface area contributed by atoms with Crippen LogP contribution < -0.4 is 5.32 Å². The first-order chi connectivity index (χ1) is 16.3. The minimum atomic E-state index is -0.0931. The third-order valence-corrected chi connectivity index (χ3v) is 7.79. The van der Waals surface area contributed by atoms with Gasteiger partial charge in [-0.3, -0.25) is 9.36 Å². The molecule has 5 aromatic rings. The molecule has 0 aliphatic rings. The van der Waals surface area contributed by atoms with Crippen molar-refractivity contribution in [1.82, 2.24) is 25.1 Å². The molecule has 7 nitrogen and oxygen atoms in total. The maximum Gasteiger partial charge on any atom is 0.230 e. The number of thiazole rings is 1. The summed E-state index contributed by atoms with van der Waals surface area (Å²) < 4.78 is 9.42. The number of hydrogen-bond donors (Lipinski definition) is 1. The molecule has 0 bridgehead atoms. The number of hydrogen-bond acceptors (Lipinski definition) is 8. The molecule has 3 heterocycles. The number of nitrogens with one attached hydrogen (secondary N) is 1. The van der Waals surface area contributed by atoms with Crippen LogP contribution in [0.1, 0.15) is 11.6 Å². The molecule has 1 amide bonds. The Morgan fingerprint density at radius 1 is 1.00 bits per heavy atom. The molecular formula is C23H19N5O2S3. The number of furan rings is 1. The summed E-state index contributed by atoms with van der Waals surface area (Å²) in [5, 5.41) is 12.3. The fraction of sp³-hybridized carbons (Fsp3) is 0.130. The Morgan fingerprint density at radius 3 is 2.67 bits per heavy atom. The minimum absolute atomic E-state index is 0.0931. The summed E-state index contributed by atoms with van der Waals surface area (Å²) in [6.07, 6.45) is 1.59.